The normalized spacial score (nSPS) is 24.8. The van der Waals surface area contributed by atoms with Crippen LogP contribution < -0.4 is 0 Å². The van der Waals surface area contributed by atoms with Gasteiger partial charge in [-0.1, -0.05) is 30.0 Å². The molecule has 0 radical (unpaired) electrons. The fourth-order valence-corrected chi connectivity index (χ4v) is 2.17. The fourth-order valence-electron chi connectivity index (χ4n) is 1.35. The minimum Gasteiger partial charge on any atom is -0.287 e. The summed E-state index contributed by atoms with van der Waals surface area (Å²) < 4.78 is 0. The number of rotatable bonds is 1. The van der Waals surface area contributed by atoms with E-state index < -0.39 is 0 Å². The number of carbonyl (C=O) groups excluding carboxylic acids is 1. The van der Waals surface area contributed by atoms with Crippen molar-refractivity contribution in [1.29, 1.82) is 0 Å². The minimum atomic E-state index is 0.207. The van der Waals surface area contributed by atoms with E-state index in [-0.39, 0.29) is 5.12 Å². The lowest BCUT2D eigenvalue weighted by Crippen LogP contribution is -1.85. The quantitative estimate of drug-likeness (QED) is 0.595. The van der Waals surface area contributed by atoms with Crippen LogP contribution in [0.5, 0.6) is 0 Å². The number of carbonyl (C=O) groups is 1. The Bertz CT molecular complexity index is 228. The lowest BCUT2D eigenvalue weighted by atomic mass is 10.2. The number of allylic oxidation sites excluding steroid dienone is 4. The SMILES string of the molecule is CC(=O)S/C1=C/CC/C=C\CCC1. The van der Waals surface area contributed by atoms with Gasteiger partial charge in [0.15, 0.2) is 5.12 Å². The summed E-state index contributed by atoms with van der Waals surface area (Å²) in [7, 11) is 0. The zero-order chi connectivity index (χ0) is 9.52. The fraction of sp³-hybridized carbons (Fsp3) is 0.545. The van der Waals surface area contributed by atoms with E-state index in [0.29, 0.717) is 0 Å². The summed E-state index contributed by atoms with van der Waals surface area (Å²) >= 11 is 1.40. The molecule has 0 amide bonds. The Morgan fingerprint density at radius 2 is 2.08 bits per heavy atom. The molecule has 0 heterocycles. The largest absolute Gasteiger partial charge is 0.287 e. The van der Waals surface area contributed by atoms with Gasteiger partial charge in [-0.25, -0.2) is 0 Å². The Morgan fingerprint density at radius 1 is 1.31 bits per heavy atom. The minimum absolute atomic E-state index is 0.207. The van der Waals surface area contributed by atoms with Crippen LogP contribution >= 0.6 is 11.8 Å². The Labute approximate surface area is 84.3 Å². The highest BCUT2D eigenvalue weighted by atomic mass is 32.2. The molecule has 1 rings (SSSR count). The zero-order valence-electron chi connectivity index (χ0n) is 8.08. The first-order valence-electron chi connectivity index (χ1n) is 4.81. The molecule has 0 aliphatic heterocycles. The monoisotopic (exact) mass is 196 g/mol. The van der Waals surface area contributed by atoms with E-state index in [4.69, 9.17) is 0 Å². The van der Waals surface area contributed by atoms with Crippen molar-refractivity contribution in [2.24, 2.45) is 0 Å². The summed E-state index contributed by atoms with van der Waals surface area (Å²) in [6, 6.07) is 0. The van der Waals surface area contributed by atoms with Crippen molar-refractivity contribution in [2.45, 2.75) is 39.0 Å². The zero-order valence-corrected chi connectivity index (χ0v) is 8.90. The average Bonchev–Trinajstić information content (AvgIpc) is 2.17. The van der Waals surface area contributed by atoms with Crippen LogP contribution in [-0.2, 0) is 4.79 Å². The molecule has 0 unspecified atom stereocenters. The smallest absolute Gasteiger partial charge is 0.190 e. The molecule has 0 saturated heterocycles. The van der Waals surface area contributed by atoms with Gasteiger partial charge in [0.1, 0.15) is 0 Å². The van der Waals surface area contributed by atoms with Gasteiger partial charge in [-0.2, -0.15) is 0 Å². The van der Waals surface area contributed by atoms with Crippen LogP contribution in [0.3, 0.4) is 0 Å². The van der Waals surface area contributed by atoms with Gasteiger partial charge in [0.25, 0.3) is 0 Å². The van der Waals surface area contributed by atoms with E-state index in [1.165, 1.54) is 23.1 Å². The van der Waals surface area contributed by atoms with Gasteiger partial charge in [0, 0.05) is 6.92 Å². The van der Waals surface area contributed by atoms with E-state index in [9.17, 15) is 4.79 Å². The first kappa shape index (κ1) is 10.6. The van der Waals surface area contributed by atoms with Crippen molar-refractivity contribution < 1.29 is 4.79 Å². The highest BCUT2D eigenvalue weighted by Gasteiger charge is 2.02. The predicted molar refractivity (Wildman–Crippen MR) is 58.6 cm³/mol. The van der Waals surface area contributed by atoms with Gasteiger partial charge in [0.2, 0.25) is 0 Å². The Kier molecular flexibility index (Phi) is 4.91. The van der Waals surface area contributed by atoms with E-state index in [1.807, 2.05) is 0 Å². The molecule has 0 N–H and O–H groups in total. The molecule has 2 heteroatoms. The molecule has 1 nitrogen and oxygen atoms in total. The van der Waals surface area contributed by atoms with Crippen molar-refractivity contribution >= 4 is 16.9 Å². The maximum absolute atomic E-state index is 10.9. The van der Waals surface area contributed by atoms with Crippen LogP contribution in [0.4, 0.5) is 0 Å². The van der Waals surface area contributed by atoms with Crippen LogP contribution in [-0.4, -0.2) is 5.12 Å². The van der Waals surface area contributed by atoms with Crippen LogP contribution in [0.1, 0.15) is 39.0 Å². The predicted octanol–water partition coefficient (Wildman–Crippen LogP) is 3.67. The lowest BCUT2D eigenvalue weighted by Gasteiger charge is -2.02. The molecule has 0 aromatic heterocycles. The summed E-state index contributed by atoms with van der Waals surface area (Å²) in [6.45, 7) is 1.64. The second-order valence-corrected chi connectivity index (χ2v) is 4.51. The molecule has 0 spiro atoms. The van der Waals surface area contributed by atoms with Crippen LogP contribution in [0.2, 0.25) is 0 Å². The Balaban J connectivity index is 2.46. The van der Waals surface area contributed by atoms with Gasteiger partial charge in [-0.05, 0) is 37.0 Å². The summed E-state index contributed by atoms with van der Waals surface area (Å²) in [5, 5.41) is 0.207. The highest BCUT2D eigenvalue weighted by molar-refractivity contribution is 8.16. The van der Waals surface area contributed by atoms with Crippen molar-refractivity contribution in [2.75, 3.05) is 0 Å². The first-order valence-corrected chi connectivity index (χ1v) is 5.63. The van der Waals surface area contributed by atoms with E-state index in [2.05, 4.69) is 18.2 Å². The lowest BCUT2D eigenvalue weighted by molar-refractivity contribution is -0.109. The molecule has 1 aliphatic carbocycles. The van der Waals surface area contributed by atoms with Gasteiger partial charge in [-0.15, -0.1) is 0 Å². The topological polar surface area (TPSA) is 17.1 Å². The van der Waals surface area contributed by atoms with Gasteiger partial charge < -0.3 is 0 Å². The summed E-state index contributed by atoms with van der Waals surface area (Å²) in [5.41, 5.74) is 0. The van der Waals surface area contributed by atoms with Crippen LogP contribution in [0.25, 0.3) is 0 Å². The third kappa shape index (κ3) is 4.94. The van der Waals surface area contributed by atoms with Crippen LogP contribution in [0.15, 0.2) is 23.1 Å². The molecule has 1 aliphatic rings. The number of hydrogen-bond acceptors (Lipinski definition) is 2. The average molecular weight is 196 g/mol. The molecule has 13 heavy (non-hydrogen) atoms. The molecule has 0 aromatic rings. The maximum atomic E-state index is 10.9. The van der Waals surface area contributed by atoms with E-state index in [0.717, 1.165) is 25.7 Å². The van der Waals surface area contributed by atoms with Crippen molar-refractivity contribution in [1.82, 2.24) is 0 Å². The van der Waals surface area contributed by atoms with Crippen LogP contribution in [0, 0.1) is 0 Å². The standard InChI is InChI=1S/C11H16OS/c1-10(12)13-11-8-6-4-2-3-5-7-9-11/h2-3,8H,4-7,9H2,1H3/b3-2-,11-8+. The third-order valence-electron chi connectivity index (χ3n) is 1.94. The molecular formula is C11H16OS. The summed E-state index contributed by atoms with van der Waals surface area (Å²) in [5.74, 6) is 0. The Hall–Kier alpha value is -0.500. The maximum Gasteiger partial charge on any atom is 0.190 e. The molecule has 0 bridgehead atoms. The van der Waals surface area contributed by atoms with Crippen molar-refractivity contribution in [3.05, 3.63) is 23.1 Å². The summed E-state index contributed by atoms with van der Waals surface area (Å²) in [4.78, 5) is 12.2. The molecular weight excluding hydrogens is 180 g/mol. The second-order valence-electron chi connectivity index (χ2n) is 3.21. The molecule has 0 atom stereocenters. The van der Waals surface area contributed by atoms with E-state index >= 15 is 0 Å². The van der Waals surface area contributed by atoms with Gasteiger partial charge >= 0.3 is 0 Å². The van der Waals surface area contributed by atoms with Crippen molar-refractivity contribution in [3.8, 4) is 0 Å². The highest BCUT2D eigenvalue weighted by Crippen LogP contribution is 2.24. The molecule has 0 saturated carbocycles. The number of thioether (sulfide) groups is 1. The molecule has 0 fully saturated rings. The third-order valence-corrected chi connectivity index (χ3v) is 2.86. The number of hydrogen-bond donors (Lipinski definition) is 0. The Morgan fingerprint density at radius 3 is 2.85 bits per heavy atom. The van der Waals surface area contributed by atoms with Gasteiger partial charge in [-0.3, -0.25) is 4.79 Å². The molecule has 0 aromatic carbocycles. The first-order chi connectivity index (χ1) is 6.29. The van der Waals surface area contributed by atoms with Gasteiger partial charge in [0.05, 0.1) is 0 Å². The van der Waals surface area contributed by atoms with E-state index in [1.54, 1.807) is 6.92 Å². The molecule has 72 valence electrons. The van der Waals surface area contributed by atoms with Crippen molar-refractivity contribution in [3.63, 3.8) is 0 Å². The second kappa shape index (κ2) is 6.03. The summed E-state index contributed by atoms with van der Waals surface area (Å²) in [6.07, 6.45) is 12.3.